The summed E-state index contributed by atoms with van der Waals surface area (Å²) in [5, 5.41) is 2.60. The van der Waals surface area contributed by atoms with Crippen LogP contribution in [-0.2, 0) is 6.54 Å². The van der Waals surface area contributed by atoms with E-state index in [0.29, 0.717) is 36.8 Å². The molecule has 194 valence electrons. The molecular formula is C26H22F5N3O3. The highest BCUT2D eigenvalue weighted by Gasteiger charge is 2.32. The highest BCUT2D eigenvalue weighted by Crippen LogP contribution is 2.31. The van der Waals surface area contributed by atoms with Crippen molar-refractivity contribution >= 4 is 23.3 Å². The fraction of sp³-hybridized carbons (Fsp3) is 0.231. The third-order valence-corrected chi connectivity index (χ3v) is 5.68. The third kappa shape index (κ3) is 6.35. The van der Waals surface area contributed by atoms with Crippen LogP contribution in [0.15, 0.2) is 60.7 Å². The van der Waals surface area contributed by atoms with Crippen LogP contribution in [0.5, 0.6) is 5.75 Å². The Morgan fingerprint density at radius 3 is 2.54 bits per heavy atom. The monoisotopic (exact) mass is 519 g/mol. The van der Waals surface area contributed by atoms with Gasteiger partial charge in [-0.25, -0.2) is 13.6 Å². The number of carbonyl (C=O) groups excluding carboxylic acids is 2. The number of hydrogen-bond donors (Lipinski definition) is 1. The van der Waals surface area contributed by atoms with E-state index in [2.05, 4.69) is 10.1 Å². The number of urea groups is 1. The zero-order chi connectivity index (χ0) is 26.7. The number of hydrogen-bond acceptors (Lipinski definition) is 3. The fourth-order valence-corrected chi connectivity index (χ4v) is 4.06. The number of anilines is 2. The van der Waals surface area contributed by atoms with Crippen LogP contribution < -0.4 is 15.0 Å². The van der Waals surface area contributed by atoms with Crippen LogP contribution in [0.3, 0.4) is 0 Å². The first-order valence-electron chi connectivity index (χ1n) is 11.3. The van der Waals surface area contributed by atoms with E-state index in [0.717, 1.165) is 17.7 Å². The molecule has 1 aliphatic heterocycles. The number of alkyl halides is 3. The number of rotatable bonds is 6. The molecule has 6 nitrogen and oxygen atoms in total. The van der Waals surface area contributed by atoms with Gasteiger partial charge in [-0.15, -0.1) is 13.2 Å². The summed E-state index contributed by atoms with van der Waals surface area (Å²) in [7, 11) is 0. The summed E-state index contributed by atoms with van der Waals surface area (Å²) >= 11 is 0. The zero-order valence-electron chi connectivity index (χ0n) is 19.6. The lowest BCUT2D eigenvalue weighted by Gasteiger charge is -2.36. The van der Waals surface area contributed by atoms with Gasteiger partial charge in [0.15, 0.2) is 0 Å². The molecule has 1 saturated heterocycles. The molecule has 0 bridgehead atoms. The van der Waals surface area contributed by atoms with Gasteiger partial charge in [-0.1, -0.05) is 18.2 Å². The molecule has 11 heteroatoms. The first kappa shape index (κ1) is 25.9. The normalized spacial score (nSPS) is 14.1. The maximum absolute atomic E-state index is 14.1. The van der Waals surface area contributed by atoms with Crippen LogP contribution in [0.1, 0.15) is 27.9 Å². The number of benzene rings is 3. The Hall–Kier alpha value is -4.15. The van der Waals surface area contributed by atoms with E-state index in [1.807, 2.05) is 0 Å². The predicted octanol–water partition coefficient (Wildman–Crippen LogP) is 6.26. The van der Waals surface area contributed by atoms with Gasteiger partial charge >= 0.3 is 12.4 Å². The maximum Gasteiger partial charge on any atom is 0.573 e. The molecule has 3 amide bonds. The van der Waals surface area contributed by atoms with Gasteiger partial charge in [0, 0.05) is 25.7 Å². The molecule has 3 aromatic rings. The minimum absolute atomic E-state index is 0.0404. The first-order chi connectivity index (χ1) is 17.5. The van der Waals surface area contributed by atoms with Gasteiger partial charge in [-0.3, -0.25) is 9.69 Å². The van der Waals surface area contributed by atoms with Crippen molar-refractivity contribution in [2.75, 3.05) is 23.3 Å². The van der Waals surface area contributed by atoms with Crippen molar-refractivity contribution in [1.29, 1.82) is 0 Å². The summed E-state index contributed by atoms with van der Waals surface area (Å²) in [6, 6.07) is 12.6. The molecule has 3 aromatic carbocycles. The highest BCUT2D eigenvalue weighted by atomic mass is 19.4. The third-order valence-electron chi connectivity index (χ3n) is 5.68. The maximum atomic E-state index is 14.1. The Labute approximate surface area is 209 Å². The van der Waals surface area contributed by atoms with Crippen molar-refractivity contribution in [3.8, 4) is 5.75 Å². The smallest absolute Gasteiger partial charge is 0.406 e. The van der Waals surface area contributed by atoms with Crippen molar-refractivity contribution in [2.24, 2.45) is 0 Å². The number of amides is 3. The first-order valence-corrected chi connectivity index (χ1v) is 11.3. The summed E-state index contributed by atoms with van der Waals surface area (Å²) in [5.41, 5.74) is 1.47. The molecule has 1 aliphatic rings. The van der Waals surface area contributed by atoms with Crippen LogP contribution in [0.4, 0.5) is 38.1 Å². The molecule has 0 atom stereocenters. The van der Waals surface area contributed by atoms with Crippen LogP contribution in [0.2, 0.25) is 0 Å². The Balaban J connectivity index is 1.55. The molecule has 0 spiro atoms. The second-order valence-corrected chi connectivity index (χ2v) is 8.50. The van der Waals surface area contributed by atoms with Gasteiger partial charge in [0.2, 0.25) is 0 Å². The predicted molar refractivity (Wildman–Crippen MR) is 126 cm³/mol. The average Bonchev–Trinajstić information content (AvgIpc) is 2.80. The Morgan fingerprint density at radius 1 is 1.03 bits per heavy atom. The lowest BCUT2D eigenvalue weighted by molar-refractivity contribution is -0.274. The van der Waals surface area contributed by atoms with E-state index in [4.69, 9.17) is 0 Å². The quantitative estimate of drug-likeness (QED) is 0.392. The van der Waals surface area contributed by atoms with E-state index in [1.165, 1.54) is 28.0 Å². The molecule has 37 heavy (non-hydrogen) atoms. The fourth-order valence-electron chi connectivity index (χ4n) is 4.06. The molecule has 1 heterocycles. The molecule has 0 aromatic heterocycles. The second kappa shape index (κ2) is 10.5. The molecular weight excluding hydrogens is 497 g/mol. The van der Waals surface area contributed by atoms with Gasteiger partial charge in [-0.05, 0) is 60.9 Å². The molecule has 0 unspecified atom stereocenters. The molecule has 4 rings (SSSR count). The SMILES string of the molecule is Cc1ccc(N2CCCN(Cc3cccc(OC(F)(F)F)c3)C2=O)c(NC(=O)c2ccc(F)cc2F)c1. The van der Waals surface area contributed by atoms with Crippen LogP contribution >= 0.6 is 0 Å². The minimum Gasteiger partial charge on any atom is -0.406 e. The second-order valence-electron chi connectivity index (χ2n) is 8.50. The molecule has 0 aliphatic carbocycles. The van der Waals surface area contributed by atoms with Crippen molar-refractivity contribution < 1.29 is 36.3 Å². The summed E-state index contributed by atoms with van der Waals surface area (Å²) in [6.45, 7) is 2.51. The van der Waals surface area contributed by atoms with E-state index in [-0.39, 0.29) is 23.5 Å². The lowest BCUT2D eigenvalue weighted by atomic mass is 10.1. The number of nitrogens with zero attached hydrogens (tertiary/aromatic N) is 2. The van der Waals surface area contributed by atoms with Crippen molar-refractivity contribution in [3.05, 3.63) is 89.0 Å². The molecule has 1 N–H and O–H groups in total. The number of aryl methyl sites for hydroxylation is 1. The van der Waals surface area contributed by atoms with Gasteiger partial charge in [0.05, 0.1) is 16.9 Å². The number of halogens is 5. The van der Waals surface area contributed by atoms with Crippen molar-refractivity contribution in [3.63, 3.8) is 0 Å². The number of carbonyl (C=O) groups is 2. The Morgan fingerprint density at radius 2 is 1.81 bits per heavy atom. The minimum atomic E-state index is -4.83. The molecule has 1 fully saturated rings. The average molecular weight is 519 g/mol. The van der Waals surface area contributed by atoms with E-state index in [9.17, 15) is 31.5 Å². The Kier molecular flexibility index (Phi) is 7.33. The largest absolute Gasteiger partial charge is 0.573 e. The summed E-state index contributed by atoms with van der Waals surface area (Å²) in [4.78, 5) is 29.0. The number of nitrogens with one attached hydrogen (secondary N) is 1. The molecule has 0 radical (unpaired) electrons. The number of ether oxygens (including phenoxy) is 1. The van der Waals surface area contributed by atoms with Gasteiger partial charge in [-0.2, -0.15) is 0 Å². The van der Waals surface area contributed by atoms with Crippen molar-refractivity contribution in [2.45, 2.75) is 26.3 Å². The summed E-state index contributed by atoms with van der Waals surface area (Å²) in [6.07, 6.45) is -4.28. The van der Waals surface area contributed by atoms with Gasteiger partial charge < -0.3 is 15.0 Å². The summed E-state index contributed by atoms with van der Waals surface area (Å²) < 4.78 is 69.1. The van der Waals surface area contributed by atoms with Gasteiger partial charge in [0.1, 0.15) is 17.4 Å². The van der Waals surface area contributed by atoms with Crippen LogP contribution in [0.25, 0.3) is 0 Å². The van der Waals surface area contributed by atoms with Gasteiger partial charge in [0.25, 0.3) is 5.91 Å². The molecule has 0 saturated carbocycles. The van der Waals surface area contributed by atoms with Crippen LogP contribution in [0, 0.1) is 18.6 Å². The van der Waals surface area contributed by atoms with E-state index < -0.39 is 29.9 Å². The van der Waals surface area contributed by atoms with E-state index >= 15 is 0 Å². The standard InChI is InChI=1S/C26H22F5N3O3/c1-16-6-9-23(22(12-16)32-24(35)20-8-7-18(27)14-21(20)28)34-11-3-10-33(25(34)36)15-17-4-2-5-19(13-17)37-26(29,30)31/h2,4-9,12-14H,3,10-11,15H2,1H3,(H,32,35). The Bertz CT molecular complexity index is 1330. The lowest BCUT2D eigenvalue weighted by Crippen LogP contribution is -2.49. The topological polar surface area (TPSA) is 61.9 Å². The summed E-state index contributed by atoms with van der Waals surface area (Å²) in [5.74, 6) is -3.04. The van der Waals surface area contributed by atoms with Crippen molar-refractivity contribution in [1.82, 2.24) is 4.90 Å². The van der Waals surface area contributed by atoms with Crippen LogP contribution in [-0.4, -0.2) is 36.3 Å². The van der Waals surface area contributed by atoms with E-state index in [1.54, 1.807) is 31.2 Å². The highest BCUT2D eigenvalue weighted by molar-refractivity contribution is 6.07. The zero-order valence-corrected chi connectivity index (χ0v) is 19.6.